The average Bonchev–Trinajstić information content (AvgIpc) is 3.01. The third-order valence-corrected chi connectivity index (χ3v) is 4.92. The molecule has 7 heteroatoms. The van der Waals surface area contributed by atoms with E-state index in [9.17, 15) is 8.42 Å². The normalized spacial score (nSPS) is 13.2. The minimum atomic E-state index is -3.77. The minimum absolute atomic E-state index is 0.133. The Bertz CT molecular complexity index is 997. The van der Waals surface area contributed by atoms with E-state index in [1.165, 1.54) is 6.07 Å². The van der Waals surface area contributed by atoms with Crippen molar-refractivity contribution < 1.29 is 17.9 Å². The topological polar surface area (TPSA) is 77.5 Å². The van der Waals surface area contributed by atoms with Crippen molar-refractivity contribution in [1.82, 2.24) is 4.98 Å². The molecule has 2 aromatic carbocycles. The Balaban J connectivity index is 1.75. The molecule has 4 rings (SSSR count). The van der Waals surface area contributed by atoms with Crippen LogP contribution in [-0.4, -0.2) is 20.2 Å². The number of aromatic nitrogens is 1. The standard InChI is InChI=1S/C16H12N2O4S/c19-23(20,15-5-1-3-11-4-2-8-17-16(11)15)18-12-6-7-13-14(9-12)22-10-21-13/h1-9,18H,10H2. The van der Waals surface area contributed by atoms with Crippen molar-refractivity contribution in [2.45, 2.75) is 4.90 Å². The molecule has 0 aliphatic carbocycles. The Labute approximate surface area is 132 Å². The van der Waals surface area contributed by atoms with Crippen LogP contribution in [-0.2, 0) is 10.0 Å². The van der Waals surface area contributed by atoms with Gasteiger partial charge in [-0.1, -0.05) is 18.2 Å². The summed E-state index contributed by atoms with van der Waals surface area (Å²) in [6, 6.07) is 13.5. The van der Waals surface area contributed by atoms with Crippen molar-refractivity contribution in [2.75, 3.05) is 11.5 Å². The molecule has 2 heterocycles. The lowest BCUT2D eigenvalue weighted by molar-refractivity contribution is 0.174. The molecule has 0 unspecified atom stereocenters. The molecule has 23 heavy (non-hydrogen) atoms. The molecular weight excluding hydrogens is 316 g/mol. The lowest BCUT2D eigenvalue weighted by atomic mass is 10.2. The lowest BCUT2D eigenvalue weighted by Crippen LogP contribution is -2.13. The number of nitrogens with one attached hydrogen (secondary N) is 1. The van der Waals surface area contributed by atoms with E-state index in [2.05, 4.69) is 9.71 Å². The van der Waals surface area contributed by atoms with Gasteiger partial charge in [-0.3, -0.25) is 9.71 Å². The van der Waals surface area contributed by atoms with Gasteiger partial charge in [0.05, 0.1) is 11.2 Å². The molecule has 0 radical (unpaired) electrons. The van der Waals surface area contributed by atoms with Gasteiger partial charge in [0.15, 0.2) is 11.5 Å². The van der Waals surface area contributed by atoms with Crippen LogP contribution >= 0.6 is 0 Å². The molecule has 0 spiro atoms. The predicted molar refractivity (Wildman–Crippen MR) is 85.1 cm³/mol. The number of rotatable bonds is 3. The molecule has 3 aromatic rings. The highest BCUT2D eigenvalue weighted by Crippen LogP contribution is 2.35. The number of ether oxygens (including phenoxy) is 2. The van der Waals surface area contributed by atoms with Gasteiger partial charge < -0.3 is 9.47 Å². The van der Waals surface area contributed by atoms with Crippen LogP contribution in [0.15, 0.2) is 59.6 Å². The first kappa shape index (κ1) is 13.8. The Hall–Kier alpha value is -2.80. The molecule has 1 aromatic heterocycles. The Morgan fingerprint density at radius 2 is 1.83 bits per heavy atom. The number of hydrogen-bond donors (Lipinski definition) is 1. The number of anilines is 1. The van der Waals surface area contributed by atoms with Gasteiger partial charge >= 0.3 is 0 Å². The van der Waals surface area contributed by atoms with Gasteiger partial charge in [-0.2, -0.15) is 0 Å². The second-order valence-electron chi connectivity index (χ2n) is 5.00. The number of para-hydroxylation sites is 1. The fraction of sp³-hybridized carbons (Fsp3) is 0.0625. The van der Waals surface area contributed by atoms with Crippen LogP contribution in [0.4, 0.5) is 5.69 Å². The number of hydrogen-bond acceptors (Lipinski definition) is 5. The van der Waals surface area contributed by atoms with Gasteiger partial charge in [0.2, 0.25) is 6.79 Å². The summed E-state index contributed by atoms with van der Waals surface area (Å²) in [5.41, 5.74) is 0.838. The number of fused-ring (bicyclic) bond motifs is 2. The largest absolute Gasteiger partial charge is 0.454 e. The molecule has 1 N–H and O–H groups in total. The third kappa shape index (κ3) is 2.44. The fourth-order valence-corrected chi connectivity index (χ4v) is 3.69. The molecule has 116 valence electrons. The minimum Gasteiger partial charge on any atom is -0.454 e. The Kier molecular flexibility index (Phi) is 3.09. The first-order valence-electron chi connectivity index (χ1n) is 6.90. The molecule has 6 nitrogen and oxygen atoms in total. The maximum absolute atomic E-state index is 12.7. The van der Waals surface area contributed by atoms with E-state index in [4.69, 9.17) is 9.47 Å². The highest BCUT2D eigenvalue weighted by atomic mass is 32.2. The average molecular weight is 328 g/mol. The van der Waals surface area contributed by atoms with Gasteiger partial charge in [-0.05, 0) is 24.3 Å². The SMILES string of the molecule is O=S(=O)(Nc1ccc2c(c1)OCO2)c1cccc2cccnc12. The molecule has 0 fully saturated rings. The zero-order valence-electron chi connectivity index (χ0n) is 11.9. The zero-order chi connectivity index (χ0) is 15.9. The summed E-state index contributed by atoms with van der Waals surface area (Å²) in [5.74, 6) is 1.11. The van der Waals surface area contributed by atoms with Crippen LogP contribution in [0.1, 0.15) is 0 Å². The van der Waals surface area contributed by atoms with Crippen molar-refractivity contribution in [3.05, 3.63) is 54.7 Å². The van der Waals surface area contributed by atoms with Gasteiger partial charge in [-0.15, -0.1) is 0 Å². The van der Waals surface area contributed by atoms with Gasteiger partial charge in [-0.25, -0.2) is 8.42 Å². The molecule has 0 atom stereocenters. The monoisotopic (exact) mass is 328 g/mol. The molecule has 1 aliphatic heterocycles. The van der Waals surface area contributed by atoms with E-state index >= 15 is 0 Å². The quantitative estimate of drug-likeness (QED) is 0.800. The number of pyridine rings is 1. The highest BCUT2D eigenvalue weighted by molar-refractivity contribution is 7.93. The fourth-order valence-electron chi connectivity index (χ4n) is 2.46. The summed E-state index contributed by atoms with van der Waals surface area (Å²) >= 11 is 0. The first-order chi connectivity index (χ1) is 11.1. The van der Waals surface area contributed by atoms with Crippen LogP contribution in [0.3, 0.4) is 0 Å². The van der Waals surface area contributed by atoms with Gasteiger partial charge in [0.1, 0.15) is 4.90 Å². The maximum atomic E-state index is 12.7. The van der Waals surface area contributed by atoms with E-state index in [0.717, 1.165) is 5.39 Å². The number of benzene rings is 2. The smallest absolute Gasteiger partial charge is 0.264 e. The third-order valence-electron chi connectivity index (χ3n) is 3.51. The van der Waals surface area contributed by atoms with E-state index < -0.39 is 10.0 Å². The molecule has 0 bridgehead atoms. The summed E-state index contributed by atoms with van der Waals surface area (Å²) in [7, 11) is -3.77. The molecular formula is C16H12N2O4S. The molecule has 0 saturated carbocycles. The summed E-state index contributed by atoms with van der Waals surface area (Å²) in [6.07, 6.45) is 1.57. The van der Waals surface area contributed by atoms with Crippen molar-refractivity contribution in [2.24, 2.45) is 0 Å². The van der Waals surface area contributed by atoms with Crippen LogP contribution in [0.25, 0.3) is 10.9 Å². The highest BCUT2D eigenvalue weighted by Gasteiger charge is 2.20. The zero-order valence-corrected chi connectivity index (χ0v) is 12.7. The van der Waals surface area contributed by atoms with Crippen LogP contribution in [0.2, 0.25) is 0 Å². The Morgan fingerprint density at radius 1 is 1.00 bits per heavy atom. The van der Waals surface area contributed by atoms with Crippen LogP contribution < -0.4 is 14.2 Å². The van der Waals surface area contributed by atoms with Gasteiger partial charge in [0.25, 0.3) is 10.0 Å². The Morgan fingerprint density at radius 3 is 2.74 bits per heavy atom. The van der Waals surface area contributed by atoms with Crippen molar-refractivity contribution >= 4 is 26.6 Å². The van der Waals surface area contributed by atoms with Crippen molar-refractivity contribution in [3.8, 4) is 11.5 Å². The summed E-state index contributed by atoms with van der Waals surface area (Å²) in [6.45, 7) is 0.138. The van der Waals surface area contributed by atoms with E-state index in [1.54, 1.807) is 36.5 Å². The van der Waals surface area contributed by atoms with E-state index in [-0.39, 0.29) is 11.7 Å². The van der Waals surface area contributed by atoms with Crippen molar-refractivity contribution in [1.29, 1.82) is 0 Å². The predicted octanol–water partition coefficient (Wildman–Crippen LogP) is 2.76. The van der Waals surface area contributed by atoms with E-state index in [1.807, 2.05) is 12.1 Å². The number of nitrogens with zero attached hydrogens (tertiary/aromatic N) is 1. The second kappa shape index (κ2) is 5.13. The maximum Gasteiger partial charge on any atom is 0.264 e. The first-order valence-corrected chi connectivity index (χ1v) is 8.38. The second-order valence-corrected chi connectivity index (χ2v) is 6.66. The lowest BCUT2D eigenvalue weighted by Gasteiger charge is -2.10. The van der Waals surface area contributed by atoms with Crippen molar-refractivity contribution in [3.63, 3.8) is 0 Å². The summed E-state index contributed by atoms with van der Waals surface area (Å²) < 4.78 is 38.4. The summed E-state index contributed by atoms with van der Waals surface area (Å²) in [5, 5.41) is 0.765. The molecule has 1 aliphatic rings. The molecule has 0 amide bonds. The summed E-state index contributed by atoms with van der Waals surface area (Å²) in [4.78, 5) is 4.32. The number of sulfonamides is 1. The van der Waals surface area contributed by atoms with Gasteiger partial charge in [0, 0.05) is 17.6 Å². The van der Waals surface area contributed by atoms with Crippen LogP contribution in [0.5, 0.6) is 11.5 Å². The molecule has 0 saturated heterocycles. The van der Waals surface area contributed by atoms with Crippen LogP contribution in [0, 0.1) is 0 Å². The van der Waals surface area contributed by atoms with E-state index in [0.29, 0.717) is 22.7 Å².